The Labute approximate surface area is 187 Å². The largest absolute Gasteiger partial charge is 0.380 e. The highest BCUT2D eigenvalue weighted by Crippen LogP contribution is 2.22. The van der Waals surface area contributed by atoms with E-state index in [1.165, 1.54) is 24.4 Å². The van der Waals surface area contributed by atoms with Crippen molar-refractivity contribution in [3.63, 3.8) is 0 Å². The van der Waals surface area contributed by atoms with Crippen molar-refractivity contribution >= 4 is 11.7 Å². The fourth-order valence-electron chi connectivity index (χ4n) is 3.53. The van der Waals surface area contributed by atoms with Crippen LogP contribution in [-0.4, -0.2) is 26.6 Å². The summed E-state index contributed by atoms with van der Waals surface area (Å²) in [4.78, 5) is 21.2. The molecule has 1 amide bonds. The summed E-state index contributed by atoms with van der Waals surface area (Å²) in [6, 6.07) is 29.6. The average molecular weight is 424 g/mol. The first-order chi connectivity index (χ1) is 15.5. The lowest BCUT2D eigenvalue weighted by Crippen LogP contribution is -2.42. The van der Waals surface area contributed by atoms with E-state index in [4.69, 9.17) is 0 Å². The summed E-state index contributed by atoms with van der Waals surface area (Å²) in [5.74, 6) is -0.161. The van der Waals surface area contributed by atoms with Crippen LogP contribution in [0.25, 0.3) is 11.3 Å². The minimum absolute atomic E-state index is 0.209. The van der Waals surface area contributed by atoms with E-state index < -0.39 is 11.5 Å². The van der Waals surface area contributed by atoms with E-state index in [-0.39, 0.29) is 6.42 Å². The number of carbonyl (C=O) groups is 1. The Morgan fingerprint density at radius 2 is 1.44 bits per heavy atom. The highest BCUT2D eigenvalue weighted by atomic mass is 16.3. The predicted molar refractivity (Wildman–Crippen MR) is 126 cm³/mol. The fourth-order valence-corrected chi connectivity index (χ4v) is 3.53. The first kappa shape index (κ1) is 21.4. The van der Waals surface area contributed by atoms with Crippen LogP contribution in [0.4, 0.5) is 5.82 Å². The van der Waals surface area contributed by atoms with Crippen molar-refractivity contribution in [2.75, 3.05) is 5.32 Å². The Balaban J connectivity index is 1.44. The molecule has 160 valence electrons. The summed E-state index contributed by atoms with van der Waals surface area (Å²) in [7, 11) is 0. The molecule has 0 fully saturated rings. The zero-order chi connectivity index (χ0) is 22.4. The van der Waals surface area contributed by atoms with E-state index in [0.29, 0.717) is 11.5 Å². The summed E-state index contributed by atoms with van der Waals surface area (Å²) >= 11 is 0. The molecule has 0 aliphatic heterocycles. The number of hydrogen-bond donors (Lipinski definition) is 2. The van der Waals surface area contributed by atoms with Gasteiger partial charge in [0.15, 0.2) is 0 Å². The monoisotopic (exact) mass is 423 g/mol. The van der Waals surface area contributed by atoms with E-state index in [1.807, 2.05) is 60.7 Å². The molecule has 0 spiro atoms. The third-order valence-electron chi connectivity index (χ3n) is 5.29. The van der Waals surface area contributed by atoms with Crippen molar-refractivity contribution in [3.8, 4) is 11.3 Å². The maximum atomic E-state index is 12.7. The molecule has 0 bridgehead atoms. The first-order valence-electron chi connectivity index (χ1n) is 10.5. The van der Waals surface area contributed by atoms with Crippen LogP contribution in [0, 0.1) is 0 Å². The average Bonchev–Trinajstić information content (AvgIpc) is 2.81. The van der Waals surface area contributed by atoms with Gasteiger partial charge in [0.2, 0.25) is 0 Å². The Morgan fingerprint density at radius 1 is 0.844 bits per heavy atom. The number of amides is 1. The van der Waals surface area contributed by atoms with E-state index in [1.54, 1.807) is 6.07 Å². The van der Waals surface area contributed by atoms with Gasteiger partial charge in [0, 0.05) is 18.1 Å². The molecule has 5 heteroatoms. The summed E-state index contributed by atoms with van der Waals surface area (Å²) in [5, 5.41) is 13.4. The van der Waals surface area contributed by atoms with Crippen molar-refractivity contribution in [1.82, 2.24) is 9.97 Å². The molecule has 4 rings (SSSR count). The lowest BCUT2D eigenvalue weighted by molar-refractivity contribution is -0.132. The lowest BCUT2D eigenvalue weighted by Gasteiger charge is -2.22. The molecule has 5 nitrogen and oxygen atoms in total. The van der Waals surface area contributed by atoms with Gasteiger partial charge in [0.25, 0.3) is 5.91 Å². The molecule has 0 saturated heterocycles. The van der Waals surface area contributed by atoms with Crippen molar-refractivity contribution < 1.29 is 9.90 Å². The second kappa shape index (κ2) is 9.54. The number of hydrogen-bond acceptors (Lipinski definition) is 4. The Bertz CT molecular complexity index is 1170. The number of carbonyl (C=O) groups excluding carboxylic acids is 1. The second-order valence-corrected chi connectivity index (χ2v) is 8.04. The van der Waals surface area contributed by atoms with Crippen LogP contribution in [0.2, 0.25) is 0 Å². The first-order valence-corrected chi connectivity index (χ1v) is 10.5. The molecule has 1 atom stereocenters. The topological polar surface area (TPSA) is 75.1 Å². The van der Waals surface area contributed by atoms with Gasteiger partial charge >= 0.3 is 0 Å². The van der Waals surface area contributed by atoms with Gasteiger partial charge in [-0.3, -0.25) is 4.79 Å². The van der Waals surface area contributed by atoms with E-state index in [2.05, 4.69) is 39.6 Å². The Hall–Kier alpha value is -3.83. The molecule has 1 aromatic heterocycles. The third-order valence-corrected chi connectivity index (χ3v) is 5.29. The van der Waals surface area contributed by atoms with Crippen LogP contribution in [0.15, 0.2) is 97.3 Å². The van der Waals surface area contributed by atoms with E-state index in [9.17, 15) is 9.90 Å². The summed E-state index contributed by atoms with van der Waals surface area (Å²) in [6.45, 7) is 1.50. The van der Waals surface area contributed by atoms with Gasteiger partial charge in [-0.2, -0.15) is 0 Å². The van der Waals surface area contributed by atoms with Gasteiger partial charge in [-0.15, -0.1) is 0 Å². The highest BCUT2D eigenvalue weighted by molar-refractivity contribution is 5.96. The van der Waals surface area contributed by atoms with Crippen molar-refractivity contribution in [3.05, 3.63) is 114 Å². The number of anilines is 1. The molecule has 0 aliphatic carbocycles. The quantitative estimate of drug-likeness (QED) is 0.453. The molecular formula is C27H25N3O2. The van der Waals surface area contributed by atoms with Crippen LogP contribution in [0.5, 0.6) is 0 Å². The van der Waals surface area contributed by atoms with Crippen LogP contribution < -0.4 is 5.32 Å². The standard InChI is InChI=1S/C27H25N3O2/c1-27(32,18-22-10-6-3-7-11-22)26(31)30-25-17-24(28-19-29-25)23-14-12-21(13-15-23)16-20-8-4-2-5-9-20/h2-15,17,19,32H,16,18H2,1H3,(H,28,29,30,31). The molecule has 0 saturated carbocycles. The van der Waals surface area contributed by atoms with Crippen molar-refractivity contribution in [2.45, 2.75) is 25.4 Å². The number of rotatable bonds is 7. The molecule has 0 aliphatic rings. The van der Waals surface area contributed by atoms with Crippen LogP contribution in [0.1, 0.15) is 23.6 Å². The predicted octanol–water partition coefficient (Wildman–Crippen LogP) is 4.67. The van der Waals surface area contributed by atoms with Gasteiger partial charge in [-0.1, -0.05) is 84.9 Å². The smallest absolute Gasteiger partial charge is 0.257 e. The van der Waals surface area contributed by atoms with Gasteiger partial charge < -0.3 is 10.4 Å². The highest BCUT2D eigenvalue weighted by Gasteiger charge is 2.30. The second-order valence-electron chi connectivity index (χ2n) is 8.04. The molecule has 32 heavy (non-hydrogen) atoms. The molecule has 2 N–H and O–H groups in total. The van der Waals surface area contributed by atoms with Gasteiger partial charge in [0.1, 0.15) is 17.7 Å². The van der Waals surface area contributed by atoms with Crippen LogP contribution in [-0.2, 0) is 17.6 Å². The van der Waals surface area contributed by atoms with Crippen LogP contribution >= 0.6 is 0 Å². The normalized spacial score (nSPS) is 12.7. The molecular weight excluding hydrogens is 398 g/mol. The van der Waals surface area contributed by atoms with E-state index in [0.717, 1.165) is 17.5 Å². The van der Waals surface area contributed by atoms with Crippen LogP contribution in [0.3, 0.4) is 0 Å². The molecule has 3 aromatic carbocycles. The molecule has 4 aromatic rings. The zero-order valence-corrected chi connectivity index (χ0v) is 17.9. The van der Waals surface area contributed by atoms with Gasteiger partial charge in [-0.25, -0.2) is 9.97 Å². The van der Waals surface area contributed by atoms with Gasteiger partial charge in [0.05, 0.1) is 5.69 Å². The molecule has 0 radical (unpaired) electrons. The number of benzene rings is 3. The minimum Gasteiger partial charge on any atom is -0.380 e. The third kappa shape index (κ3) is 5.45. The maximum absolute atomic E-state index is 12.7. The number of aliphatic hydroxyl groups is 1. The maximum Gasteiger partial charge on any atom is 0.257 e. The zero-order valence-electron chi connectivity index (χ0n) is 17.9. The number of nitrogens with one attached hydrogen (secondary N) is 1. The molecule has 1 unspecified atom stereocenters. The van der Waals surface area contributed by atoms with E-state index >= 15 is 0 Å². The Morgan fingerprint density at radius 3 is 2.09 bits per heavy atom. The lowest BCUT2D eigenvalue weighted by atomic mass is 9.95. The minimum atomic E-state index is -1.56. The summed E-state index contributed by atoms with van der Waals surface area (Å²) < 4.78 is 0. The molecule has 1 heterocycles. The number of aromatic nitrogens is 2. The summed E-state index contributed by atoms with van der Waals surface area (Å²) in [5.41, 5.74) is 3.41. The summed E-state index contributed by atoms with van der Waals surface area (Å²) in [6.07, 6.45) is 2.48. The van der Waals surface area contributed by atoms with Crippen molar-refractivity contribution in [2.24, 2.45) is 0 Å². The SMILES string of the molecule is CC(O)(Cc1ccccc1)C(=O)Nc1cc(-c2ccc(Cc3ccccc3)cc2)ncn1. The number of nitrogens with zero attached hydrogens (tertiary/aromatic N) is 2. The Kier molecular flexibility index (Phi) is 6.38. The van der Waals surface area contributed by atoms with Crippen molar-refractivity contribution in [1.29, 1.82) is 0 Å². The fraction of sp³-hybridized carbons (Fsp3) is 0.148. The van der Waals surface area contributed by atoms with Gasteiger partial charge in [-0.05, 0) is 30.0 Å².